The summed E-state index contributed by atoms with van der Waals surface area (Å²) in [4.78, 5) is 11.8. The summed E-state index contributed by atoms with van der Waals surface area (Å²) >= 11 is 9.25. The quantitative estimate of drug-likeness (QED) is 0.897. The lowest BCUT2D eigenvalue weighted by atomic mass is 10.2. The van der Waals surface area contributed by atoms with Gasteiger partial charge in [0.1, 0.15) is 0 Å². The lowest BCUT2D eigenvalue weighted by Crippen LogP contribution is -2.37. The number of halogens is 2. The second-order valence-corrected chi connectivity index (χ2v) is 4.85. The molecule has 0 bridgehead atoms. The van der Waals surface area contributed by atoms with Gasteiger partial charge in [-0.05, 0) is 32.2 Å². The minimum atomic E-state index is -0.159. The van der Waals surface area contributed by atoms with Crippen molar-refractivity contribution in [1.82, 2.24) is 10.6 Å². The number of hydrogen-bond donors (Lipinski definition) is 2. The maximum Gasteiger partial charge on any atom is 0.252 e. The minimum Gasteiger partial charge on any atom is -0.350 e. The number of carbonyl (C=O) groups is 1. The number of rotatable bonds is 4. The van der Waals surface area contributed by atoms with Gasteiger partial charge in [0.05, 0.1) is 10.6 Å². The second kappa shape index (κ2) is 6.23. The van der Waals surface area contributed by atoms with Crippen molar-refractivity contribution >= 4 is 33.4 Å². The van der Waals surface area contributed by atoms with Gasteiger partial charge in [-0.1, -0.05) is 27.5 Å². The summed E-state index contributed by atoms with van der Waals surface area (Å²) in [7, 11) is 1.85. The molecule has 0 aliphatic rings. The molecule has 0 saturated carbocycles. The Balaban J connectivity index is 2.69. The molecule has 5 heteroatoms. The zero-order chi connectivity index (χ0) is 12.1. The van der Waals surface area contributed by atoms with E-state index < -0.39 is 0 Å². The van der Waals surface area contributed by atoms with E-state index in [2.05, 4.69) is 26.6 Å². The van der Waals surface area contributed by atoms with Gasteiger partial charge in [-0.2, -0.15) is 0 Å². The van der Waals surface area contributed by atoms with Crippen LogP contribution in [0.2, 0.25) is 5.02 Å². The molecule has 2 N–H and O–H groups in total. The van der Waals surface area contributed by atoms with Crippen LogP contribution in [0.1, 0.15) is 17.3 Å². The van der Waals surface area contributed by atoms with Gasteiger partial charge < -0.3 is 10.6 Å². The maximum absolute atomic E-state index is 11.8. The topological polar surface area (TPSA) is 41.1 Å². The highest BCUT2D eigenvalue weighted by atomic mass is 79.9. The molecular weight excluding hydrogens is 291 g/mol. The van der Waals surface area contributed by atoms with Crippen LogP contribution in [-0.4, -0.2) is 25.5 Å². The van der Waals surface area contributed by atoms with Crippen molar-refractivity contribution in [2.24, 2.45) is 0 Å². The smallest absolute Gasteiger partial charge is 0.252 e. The molecule has 0 fully saturated rings. The summed E-state index contributed by atoms with van der Waals surface area (Å²) in [6.45, 7) is 2.56. The van der Waals surface area contributed by atoms with Crippen LogP contribution in [0.4, 0.5) is 0 Å². The predicted octanol–water partition coefficient (Wildman–Crippen LogP) is 2.44. The lowest BCUT2D eigenvalue weighted by molar-refractivity contribution is 0.0950. The molecule has 88 valence electrons. The van der Waals surface area contributed by atoms with Crippen LogP contribution in [0.3, 0.4) is 0 Å². The van der Waals surface area contributed by atoms with E-state index >= 15 is 0 Å². The molecule has 1 aromatic carbocycles. The highest BCUT2D eigenvalue weighted by molar-refractivity contribution is 9.10. The number of carbonyl (C=O) groups excluding carboxylic acids is 1. The van der Waals surface area contributed by atoms with Crippen LogP contribution in [0.15, 0.2) is 22.7 Å². The first-order chi connectivity index (χ1) is 7.54. The zero-order valence-corrected chi connectivity index (χ0v) is 11.5. The van der Waals surface area contributed by atoms with Gasteiger partial charge in [0.15, 0.2) is 0 Å². The summed E-state index contributed by atoms with van der Waals surface area (Å²) in [5.74, 6) is -0.159. The van der Waals surface area contributed by atoms with E-state index in [9.17, 15) is 4.79 Å². The monoisotopic (exact) mass is 304 g/mol. The predicted molar refractivity (Wildman–Crippen MR) is 70.0 cm³/mol. The molecule has 0 aromatic heterocycles. The SMILES string of the molecule is CNC(C)CNC(=O)c1cc(Br)ccc1Cl. The van der Waals surface area contributed by atoms with Crippen molar-refractivity contribution < 1.29 is 4.79 Å². The molecule has 0 aliphatic heterocycles. The molecule has 1 rings (SSSR count). The molecule has 1 amide bonds. The standard InChI is InChI=1S/C11H14BrClN2O/c1-7(14-2)6-15-11(16)9-5-8(12)3-4-10(9)13/h3-5,7,14H,6H2,1-2H3,(H,15,16). The van der Waals surface area contributed by atoms with Crippen LogP contribution >= 0.6 is 27.5 Å². The van der Waals surface area contributed by atoms with Gasteiger partial charge in [0, 0.05) is 17.1 Å². The summed E-state index contributed by atoms with van der Waals surface area (Å²) in [5.41, 5.74) is 0.486. The second-order valence-electron chi connectivity index (χ2n) is 3.52. The number of benzene rings is 1. The van der Waals surface area contributed by atoms with Gasteiger partial charge in [-0.15, -0.1) is 0 Å². The van der Waals surface area contributed by atoms with E-state index in [1.807, 2.05) is 14.0 Å². The van der Waals surface area contributed by atoms with Crippen molar-refractivity contribution in [3.05, 3.63) is 33.3 Å². The number of likely N-dealkylation sites (N-methyl/N-ethyl adjacent to an activating group) is 1. The van der Waals surface area contributed by atoms with Crippen LogP contribution in [0, 0.1) is 0 Å². The van der Waals surface area contributed by atoms with Crippen LogP contribution < -0.4 is 10.6 Å². The lowest BCUT2D eigenvalue weighted by Gasteiger charge is -2.12. The highest BCUT2D eigenvalue weighted by Crippen LogP contribution is 2.20. The molecule has 0 spiro atoms. The average molecular weight is 306 g/mol. The molecule has 0 radical (unpaired) electrons. The third-order valence-electron chi connectivity index (χ3n) is 2.23. The summed E-state index contributed by atoms with van der Waals surface area (Å²) in [5, 5.41) is 6.31. The van der Waals surface area contributed by atoms with Crippen LogP contribution in [-0.2, 0) is 0 Å². The Morgan fingerprint density at radius 3 is 2.88 bits per heavy atom. The average Bonchev–Trinajstić information content (AvgIpc) is 2.28. The first kappa shape index (κ1) is 13.5. The molecule has 0 saturated heterocycles. The molecule has 1 unspecified atom stereocenters. The fourth-order valence-electron chi connectivity index (χ4n) is 1.11. The van der Waals surface area contributed by atoms with E-state index in [0.29, 0.717) is 17.1 Å². The number of nitrogens with one attached hydrogen (secondary N) is 2. The first-order valence-electron chi connectivity index (χ1n) is 4.95. The van der Waals surface area contributed by atoms with Gasteiger partial charge in [0.25, 0.3) is 5.91 Å². The molecule has 3 nitrogen and oxygen atoms in total. The number of amides is 1. The Bertz CT molecular complexity index is 384. The first-order valence-corrected chi connectivity index (χ1v) is 6.12. The Kier molecular flexibility index (Phi) is 5.25. The van der Waals surface area contributed by atoms with Crippen molar-refractivity contribution in [3.8, 4) is 0 Å². The molecule has 0 heterocycles. The summed E-state index contributed by atoms with van der Waals surface area (Å²) in [6.07, 6.45) is 0. The molecule has 1 atom stereocenters. The largest absolute Gasteiger partial charge is 0.350 e. The van der Waals surface area contributed by atoms with Crippen LogP contribution in [0.5, 0.6) is 0 Å². The van der Waals surface area contributed by atoms with Gasteiger partial charge in [0.2, 0.25) is 0 Å². The Hall–Kier alpha value is -0.580. The van der Waals surface area contributed by atoms with Gasteiger partial charge >= 0.3 is 0 Å². The maximum atomic E-state index is 11.8. The van der Waals surface area contributed by atoms with E-state index in [-0.39, 0.29) is 11.9 Å². The van der Waals surface area contributed by atoms with E-state index in [1.165, 1.54) is 0 Å². The zero-order valence-electron chi connectivity index (χ0n) is 9.18. The summed E-state index contributed by atoms with van der Waals surface area (Å²) < 4.78 is 0.837. The van der Waals surface area contributed by atoms with Crippen molar-refractivity contribution in [3.63, 3.8) is 0 Å². The van der Waals surface area contributed by atoms with Gasteiger partial charge in [-0.3, -0.25) is 4.79 Å². The van der Waals surface area contributed by atoms with E-state index in [0.717, 1.165) is 4.47 Å². The normalized spacial score (nSPS) is 12.2. The molecule has 1 aromatic rings. The molecule has 16 heavy (non-hydrogen) atoms. The van der Waals surface area contributed by atoms with Crippen molar-refractivity contribution in [2.45, 2.75) is 13.0 Å². The fraction of sp³-hybridized carbons (Fsp3) is 0.364. The Morgan fingerprint density at radius 1 is 1.56 bits per heavy atom. The Morgan fingerprint density at radius 2 is 2.25 bits per heavy atom. The highest BCUT2D eigenvalue weighted by Gasteiger charge is 2.11. The fourth-order valence-corrected chi connectivity index (χ4v) is 1.68. The molecule has 0 aliphatic carbocycles. The number of hydrogen-bond acceptors (Lipinski definition) is 2. The van der Waals surface area contributed by atoms with Crippen molar-refractivity contribution in [1.29, 1.82) is 0 Å². The van der Waals surface area contributed by atoms with Gasteiger partial charge in [-0.25, -0.2) is 0 Å². The third kappa shape index (κ3) is 3.77. The van der Waals surface area contributed by atoms with Crippen molar-refractivity contribution in [2.75, 3.05) is 13.6 Å². The summed E-state index contributed by atoms with van der Waals surface area (Å²) in [6, 6.07) is 5.44. The third-order valence-corrected chi connectivity index (χ3v) is 3.06. The van der Waals surface area contributed by atoms with Crippen LogP contribution in [0.25, 0.3) is 0 Å². The minimum absolute atomic E-state index is 0.159. The van der Waals surface area contributed by atoms with E-state index in [1.54, 1.807) is 18.2 Å². The molecular formula is C11H14BrClN2O. The van der Waals surface area contributed by atoms with E-state index in [4.69, 9.17) is 11.6 Å². The Labute approximate surface area is 109 Å².